The van der Waals surface area contributed by atoms with Crippen molar-refractivity contribution in [3.05, 3.63) is 90.3 Å². The normalized spacial score (nSPS) is 17.4. The van der Waals surface area contributed by atoms with E-state index in [4.69, 9.17) is 9.15 Å². The number of benzene rings is 2. The summed E-state index contributed by atoms with van der Waals surface area (Å²) in [4.78, 5) is 29.0. The van der Waals surface area contributed by atoms with E-state index >= 15 is 0 Å². The molecule has 2 aromatic carbocycles. The SMILES string of the molecule is COc1cccc(N2C(=O)c3cc(-c4ccco4)nn3CC2(C)C(=O)NCc2ccccc2)c1. The van der Waals surface area contributed by atoms with Gasteiger partial charge in [-0.2, -0.15) is 5.10 Å². The molecule has 1 unspecified atom stereocenters. The van der Waals surface area contributed by atoms with E-state index in [0.29, 0.717) is 35.1 Å². The van der Waals surface area contributed by atoms with E-state index in [9.17, 15) is 9.59 Å². The second-order valence-corrected chi connectivity index (χ2v) is 8.33. The number of methoxy groups -OCH3 is 1. The zero-order valence-electron chi connectivity index (χ0n) is 18.9. The predicted octanol–water partition coefficient (Wildman–Crippen LogP) is 3.89. The second-order valence-electron chi connectivity index (χ2n) is 8.33. The molecule has 4 aromatic rings. The van der Waals surface area contributed by atoms with Gasteiger partial charge in [0.05, 0.1) is 19.9 Å². The van der Waals surface area contributed by atoms with Crippen LogP contribution in [0.2, 0.25) is 0 Å². The highest BCUT2D eigenvalue weighted by molar-refractivity contribution is 6.12. The van der Waals surface area contributed by atoms with Crippen LogP contribution in [0.5, 0.6) is 5.75 Å². The first-order valence-corrected chi connectivity index (χ1v) is 10.9. The molecule has 0 bridgehead atoms. The number of fused-ring (bicyclic) bond motifs is 1. The number of hydrogen-bond donors (Lipinski definition) is 1. The number of rotatable bonds is 6. The summed E-state index contributed by atoms with van der Waals surface area (Å²) in [6.45, 7) is 2.27. The van der Waals surface area contributed by atoms with Crippen LogP contribution >= 0.6 is 0 Å². The van der Waals surface area contributed by atoms with Crippen LogP contribution in [-0.4, -0.2) is 34.2 Å². The summed E-state index contributed by atoms with van der Waals surface area (Å²) < 4.78 is 12.4. The molecule has 0 aliphatic carbocycles. The minimum Gasteiger partial charge on any atom is -0.497 e. The number of amides is 2. The lowest BCUT2D eigenvalue weighted by molar-refractivity contribution is -0.126. The van der Waals surface area contributed by atoms with Crippen LogP contribution in [0.3, 0.4) is 0 Å². The third-order valence-corrected chi connectivity index (χ3v) is 6.02. The van der Waals surface area contributed by atoms with E-state index in [-0.39, 0.29) is 18.4 Å². The van der Waals surface area contributed by atoms with Crippen LogP contribution in [0.1, 0.15) is 23.0 Å². The largest absolute Gasteiger partial charge is 0.497 e. The van der Waals surface area contributed by atoms with Gasteiger partial charge in [0.25, 0.3) is 5.91 Å². The van der Waals surface area contributed by atoms with Crippen molar-refractivity contribution in [2.45, 2.75) is 25.6 Å². The van der Waals surface area contributed by atoms with Gasteiger partial charge >= 0.3 is 0 Å². The molecule has 0 radical (unpaired) electrons. The van der Waals surface area contributed by atoms with Crippen LogP contribution in [0.15, 0.2) is 83.5 Å². The summed E-state index contributed by atoms with van der Waals surface area (Å²) in [5.74, 6) is 0.529. The zero-order valence-corrected chi connectivity index (χ0v) is 18.9. The molecule has 0 spiro atoms. The van der Waals surface area contributed by atoms with Gasteiger partial charge in [-0.1, -0.05) is 36.4 Å². The molecule has 34 heavy (non-hydrogen) atoms. The molecule has 8 heteroatoms. The lowest BCUT2D eigenvalue weighted by Gasteiger charge is -2.43. The first kappa shape index (κ1) is 21.5. The summed E-state index contributed by atoms with van der Waals surface area (Å²) in [5.41, 5.74) is 1.20. The molecule has 0 fully saturated rings. The summed E-state index contributed by atoms with van der Waals surface area (Å²) in [7, 11) is 1.56. The van der Waals surface area contributed by atoms with Gasteiger partial charge in [0.2, 0.25) is 5.91 Å². The topological polar surface area (TPSA) is 89.6 Å². The van der Waals surface area contributed by atoms with E-state index in [1.807, 2.05) is 30.3 Å². The van der Waals surface area contributed by atoms with Crippen molar-refractivity contribution in [3.8, 4) is 17.2 Å². The van der Waals surface area contributed by atoms with Crippen molar-refractivity contribution < 1.29 is 18.7 Å². The molecule has 1 aliphatic heterocycles. The van der Waals surface area contributed by atoms with Gasteiger partial charge in [-0.25, -0.2) is 0 Å². The highest BCUT2D eigenvalue weighted by Gasteiger charge is 2.49. The maximum atomic E-state index is 13.8. The van der Waals surface area contributed by atoms with Gasteiger partial charge in [-0.05, 0) is 36.8 Å². The number of furan rings is 1. The fourth-order valence-corrected chi connectivity index (χ4v) is 4.25. The average Bonchev–Trinajstić information content (AvgIpc) is 3.53. The first-order valence-electron chi connectivity index (χ1n) is 10.9. The van der Waals surface area contributed by atoms with Crippen molar-refractivity contribution in [1.29, 1.82) is 0 Å². The molecule has 2 amide bonds. The van der Waals surface area contributed by atoms with E-state index in [1.165, 1.54) is 4.90 Å². The third kappa shape index (κ3) is 3.73. The van der Waals surface area contributed by atoms with Gasteiger partial charge in [0.15, 0.2) is 5.76 Å². The highest BCUT2D eigenvalue weighted by atomic mass is 16.5. The van der Waals surface area contributed by atoms with Crippen molar-refractivity contribution in [3.63, 3.8) is 0 Å². The monoisotopic (exact) mass is 456 g/mol. The molecular weight excluding hydrogens is 432 g/mol. The van der Waals surface area contributed by atoms with Crippen LogP contribution in [-0.2, 0) is 17.9 Å². The quantitative estimate of drug-likeness (QED) is 0.476. The summed E-state index contributed by atoms with van der Waals surface area (Å²) >= 11 is 0. The minimum absolute atomic E-state index is 0.173. The lowest BCUT2D eigenvalue weighted by atomic mass is 9.93. The van der Waals surface area contributed by atoms with Crippen molar-refractivity contribution in [1.82, 2.24) is 15.1 Å². The number of ether oxygens (including phenoxy) is 1. The molecule has 0 saturated heterocycles. The Kier molecular flexibility index (Phi) is 5.41. The number of hydrogen-bond acceptors (Lipinski definition) is 5. The summed E-state index contributed by atoms with van der Waals surface area (Å²) in [6.07, 6.45) is 1.55. The molecule has 1 atom stereocenters. The van der Waals surface area contributed by atoms with Crippen LogP contribution in [0, 0.1) is 0 Å². The Morgan fingerprint density at radius 2 is 1.94 bits per heavy atom. The predicted molar refractivity (Wildman–Crippen MR) is 126 cm³/mol. The van der Waals surface area contributed by atoms with E-state index in [2.05, 4.69) is 10.4 Å². The standard InChI is InChI=1S/C26H24N4O4/c1-26(25(32)27-16-18-8-4-3-5-9-18)17-29-22(15-21(28-29)23-12-7-13-34-23)24(31)30(26)19-10-6-11-20(14-19)33-2/h3-15H,16-17H2,1-2H3,(H,27,32). The summed E-state index contributed by atoms with van der Waals surface area (Å²) in [5, 5.41) is 7.57. The van der Waals surface area contributed by atoms with Gasteiger partial charge in [0.1, 0.15) is 22.7 Å². The maximum absolute atomic E-state index is 13.8. The Labute approximate surface area is 196 Å². The van der Waals surface area contributed by atoms with E-state index in [0.717, 1.165) is 5.56 Å². The molecule has 3 heterocycles. The third-order valence-electron chi connectivity index (χ3n) is 6.02. The molecule has 172 valence electrons. The Morgan fingerprint density at radius 3 is 2.68 bits per heavy atom. The summed E-state index contributed by atoms with van der Waals surface area (Å²) in [6, 6.07) is 22.0. The molecule has 8 nitrogen and oxygen atoms in total. The number of nitrogens with one attached hydrogen (secondary N) is 1. The number of carbonyl (C=O) groups excluding carboxylic acids is 2. The van der Waals surface area contributed by atoms with Gasteiger partial charge in [-0.3, -0.25) is 19.2 Å². The van der Waals surface area contributed by atoms with Crippen molar-refractivity contribution in [2.24, 2.45) is 0 Å². The zero-order chi connectivity index (χ0) is 23.7. The Bertz CT molecular complexity index is 1330. The number of carbonyl (C=O) groups is 2. The molecule has 5 rings (SSSR count). The van der Waals surface area contributed by atoms with Crippen LogP contribution in [0.4, 0.5) is 5.69 Å². The average molecular weight is 457 g/mol. The maximum Gasteiger partial charge on any atom is 0.277 e. The van der Waals surface area contributed by atoms with Gasteiger partial charge in [0, 0.05) is 24.4 Å². The van der Waals surface area contributed by atoms with Crippen LogP contribution in [0.25, 0.3) is 11.5 Å². The number of anilines is 1. The van der Waals surface area contributed by atoms with Gasteiger partial charge in [-0.15, -0.1) is 0 Å². The van der Waals surface area contributed by atoms with Crippen molar-refractivity contribution in [2.75, 3.05) is 12.0 Å². The Balaban J connectivity index is 1.55. The number of nitrogens with zero attached hydrogens (tertiary/aromatic N) is 3. The van der Waals surface area contributed by atoms with Crippen molar-refractivity contribution >= 4 is 17.5 Å². The molecule has 1 aliphatic rings. The highest BCUT2D eigenvalue weighted by Crippen LogP contribution is 2.35. The second kappa shape index (κ2) is 8.55. The smallest absolute Gasteiger partial charge is 0.277 e. The van der Waals surface area contributed by atoms with Gasteiger partial charge < -0.3 is 14.5 Å². The van der Waals surface area contributed by atoms with Crippen LogP contribution < -0.4 is 15.0 Å². The fraction of sp³-hybridized carbons (Fsp3) is 0.192. The molecule has 2 aromatic heterocycles. The fourth-order valence-electron chi connectivity index (χ4n) is 4.25. The van der Waals surface area contributed by atoms with E-state index < -0.39 is 5.54 Å². The Morgan fingerprint density at radius 1 is 1.12 bits per heavy atom. The van der Waals surface area contributed by atoms with E-state index in [1.54, 1.807) is 67.4 Å². The Hall–Kier alpha value is -4.33. The molecular formula is C26H24N4O4. The minimum atomic E-state index is -1.24. The molecule has 0 saturated carbocycles. The lowest BCUT2D eigenvalue weighted by Crippen LogP contribution is -2.64. The molecule has 1 N–H and O–H groups in total. The first-order chi connectivity index (χ1) is 16.5. The number of aromatic nitrogens is 2.